The lowest BCUT2D eigenvalue weighted by atomic mass is 9.97. The number of hydrogen-bond acceptors (Lipinski definition) is 3. The summed E-state index contributed by atoms with van der Waals surface area (Å²) in [7, 11) is 0. The smallest absolute Gasteiger partial charge is 0.269 e. The normalized spacial score (nSPS) is 13.8. The lowest BCUT2D eigenvalue weighted by Crippen LogP contribution is -2.33. The molecule has 0 radical (unpaired) electrons. The zero-order chi connectivity index (χ0) is 18.8. The van der Waals surface area contributed by atoms with E-state index in [1.165, 1.54) is 18.4 Å². The summed E-state index contributed by atoms with van der Waals surface area (Å²) in [5.74, 6) is -0.244. The fourth-order valence-corrected chi connectivity index (χ4v) is 3.28. The Balaban J connectivity index is 1.95. The molecular weight excluding hydrogens is 326 g/mol. The molecule has 0 aromatic carbocycles. The van der Waals surface area contributed by atoms with E-state index < -0.39 is 0 Å². The van der Waals surface area contributed by atoms with Crippen LogP contribution in [-0.2, 0) is 0 Å². The summed E-state index contributed by atoms with van der Waals surface area (Å²) in [6.07, 6.45) is 11.4. The van der Waals surface area contributed by atoms with Crippen LogP contribution < -0.4 is 5.32 Å². The van der Waals surface area contributed by atoms with Gasteiger partial charge in [-0.05, 0) is 57.1 Å². The number of carbonyl (C=O) groups excluding carboxylic acids is 2. The highest BCUT2D eigenvalue weighted by Crippen LogP contribution is 2.19. The molecule has 142 valence electrons. The third-order valence-electron chi connectivity index (χ3n) is 4.63. The molecule has 0 unspecified atom stereocenters. The summed E-state index contributed by atoms with van der Waals surface area (Å²) < 4.78 is 0. The second-order valence-corrected chi connectivity index (χ2v) is 6.84. The predicted molar refractivity (Wildman–Crippen MR) is 104 cm³/mol. The van der Waals surface area contributed by atoms with Crippen molar-refractivity contribution in [2.24, 2.45) is 0 Å². The van der Waals surface area contributed by atoms with E-state index in [1.807, 2.05) is 4.90 Å². The van der Waals surface area contributed by atoms with Crippen molar-refractivity contribution in [1.82, 2.24) is 15.2 Å². The number of carbonyl (C=O) groups is 2. The van der Waals surface area contributed by atoms with Crippen molar-refractivity contribution in [2.75, 3.05) is 19.6 Å². The van der Waals surface area contributed by atoms with E-state index in [1.54, 1.807) is 18.3 Å². The van der Waals surface area contributed by atoms with Gasteiger partial charge in [-0.3, -0.25) is 14.6 Å². The topological polar surface area (TPSA) is 62.3 Å². The van der Waals surface area contributed by atoms with E-state index in [2.05, 4.69) is 30.2 Å². The fraction of sp³-hybridized carbons (Fsp3) is 0.571. The zero-order valence-electron chi connectivity index (χ0n) is 16.1. The highest BCUT2D eigenvalue weighted by molar-refractivity contribution is 5.98. The Morgan fingerprint density at radius 2 is 1.96 bits per heavy atom. The molecule has 0 spiro atoms. The molecule has 0 aliphatic heterocycles. The molecule has 0 atom stereocenters. The molecule has 1 heterocycles. The molecule has 1 aromatic rings. The molecule has 5 nitrogen and oxygen atoms in total. The van der Waals surface area contributed by atoms with Gasteiger partial charge in [0.05, 0.1) is 0 Å². The van der Waals surface area contributed by atoms with Gasteiger partial charge in [-0.1, -0.05) is 25.5 Å². The lowest BCUT2D eigenvalue weighted by Gasteiger charge is -2.21. The van der Waals surface area contributed by atoms with Gasteiger partial charge in [0.15, 0.2) is 0 Å². The van der Waals surface area contributed by atoms with Crippen molar-refractivity contribution in [3.63, 3.8) is 0 Å². The second-order valence-electron chi connectivity index (χ2n) is 6.84. The number of nitrogens with one attached hydrogen (secondary N) is 1. The van der Waals surface area contributed by atoms with Crippen molar-refractivity contribution in [1.29, 1.82) is 0 Å². The van der Waals surface area contributed by atoms with Crippen LogP contribution in [0.4, 0.5) is 0 Å². The SMILES string of the molecule is CCCN(CCC)C(=O)c1ccnc(C(=O)NCCC2=CCCCC2)c1. The van der Waals surface area contributed by atoms with E-state index in [4.69, 9.17) is 0 Å². The third kappa shape index (κ3) is 5.97. The van der Waals surface area contributed by atoms with Crippen molar-refractivity contribution in [2.45, 2.75) is 58.8 Å². The molecule has 2 amide bonds. The average Bonchev–Trinajstić information content (AvgIpc) is 2.68. The monoisotopic (exact) mass is 357 g/mol. The van der Waals surface area contributed by atoms with Crippen molar-refractivity contribution < 1.29 is 9.59 Å². The number of rotatable bonds is 9. The maximum Gasteiger partial charge on any atom is 0.269 e. The second kappa shape index (κ2) is 10.7. The van der Waals surface area contributed by atoms with Gasteiger partial charge in [0, 0.05) is 31.4 Å². The molecule has 1 aromatic heterocycles. The number of pyridine rings is 1. The first kappa shape index (κ1) is 20.1. The van der Waals surface area contributed by atoms with E-state index in [9.17, 15) is 9.59 Å². The Kier molecular flexibility index (Phi) is 8.32. The maximum atomic E-state index is 12.7. The standard InChI is InChI=1S/C21H31N3O2/c1-3-14-24(15-4-2)21(26)18-11-13-22-19(16-18)20(25)23-12-10-17-8-6-5-7-9-17/h8,11,13,16H,3-7,9-10,12,14-15H2,1-2H3,(H,23,25). The molecule has 5 heteroatoms. The Hall–Kier alpha value is -2.17. The fourth-order valence-electron chi connectivity index (χ4n) is 3.28. The number of allylic oxidation sites excluding steroid dienone is 1. The Morgan fingerprint density at radius 1 is 1.19 bits per heavy atom. The molecule has 2 rings (SSSR count). The van der Waals surface area contributed by atoms with Gasteiger partial charge in [-0.15, -0.1) is 0 Å². The largest absolute Gasteiger partial charge is 0.350 e. The molecule has 1 N–H and O–H groups in total. The summed E-state index contributed by atoms with van der Waals surface area (Å²) >= 11 is 0. The first-order chi connectivity index (χ1) is 12.7. The van der Waals surface area contributed by atoms with E-state index >= 15 is 0 Å². The molecule has 1 aliphatic carbocycles. The van der Waals surface area contributed by atoms with Gasteiger partial charge in [0.2, 0.25) is 0 Å². The van der Waals surface area contributed by atoms with Gasteiger partial charge in [-0.25, -0.2) is 0 Å². The van der Waals surface area contributed by atoms with Gasteiger partial charge >= 0.3 is 0 Å². The van der Waals surface area contributed by atoms with Crippen molar-refractivity contribution >= 4 is 11.8 Å². The quantitative estimate of drug-likeness (QED) is 0.680. The summed E-state index contributed by atoms with van der Waals surface area (Å²) in [6.45, 7) is 6.19. The number of amides is 2. The van der Waals surface area contributed by atoms with Crippen LogP contribution in [0.2, 0.25) is 0 Å². The van der Waals surface area contributed by atoms with Gasteiger partial charge in [0.25, 0.3) is 11.8 Å². The van der Waals surface area contributed by atoms with Crippen LogP contribution in [0.5, 0.6) is 0 Å². The van der Waals surface area contributed by atoms with Gasteiger partial charge in [0.1, 0.15) is 5.69 Å². The van der Waals surface area contributed by atoms with E-state index in [-0.39, 0.29) is 11.8 Å². The van der Waals surface area contributed by atoms with Crippen LogP contribution in [0.1, 0.15) is 79.6 Å². The highest BCUT2D eigenvalue weighted by atomic mass is 16.2. The maximum absolute atomic E-state index is 12.7. The Labute approximate surface area is 156 Å². The Morgan fingerprint density at radius 3 is 2.62 bits per heavy atom. The molecule has 1 aliphatic rings. The third-order valence-corrected chi connectivity index (χ3v) is 4.63. The highest BCUT2D eigenvalue weighted by Gasteiger charge is 2.17. The van der Waals surface area contributed by atoms with Crippen LogP contribution in [-0.4, -0.2) is 41.3 Å². The summed E-state index contributed by atoms with van der Waals surface area (Å²) in [6, 6.07) is 3.29. The molecular formula is C21H31N3O2. The molecule has 26 heavy (non-hydrogen) atoms. The lowest BCUT2D eigenvalue weighted by molar-refractivity contribution is 0.0755. The van der Waals surface area contributed by atoms with Crippen LogP contribution in [0.3, 0.4) is 0 Å². The summed E-state index contributed by atoms with van der Waals surface area (Å²) in [5.41, 5.74) is 2.27. The summed E-state index contributed by atoms with van der Waals surface area (Å²) in [4.78, 5) is 31.0. The van der Waals surface area contributed by atoms with Crippen LogP contribution in [0.15, 0.2) is 30.0 Å². The van der Waals surface area contributed by atoms with E-state index in [0.717, 1.165) is 45.2 Å². The van der Waals surface area contributed by atoms with Crippen molar-refractivity contribution in [3.8, 4) is 0 Å². The first-order valence-corrected chi connectivity index (χ1v) is 9.87. The molecule has 0 fully saturated rings. The minimum atomic E-state index is -0.214. The van der Waals surface area contributed by atoms with Crippen LogP contribution in [0, 0.1) is 0 Å². The minimum Gasteiger partial charge on any atom is -0.350 e. The first-order valence-electron chi connectivity index (χ1n) is 9.87. The summed E-state index contributed by atoms with van der Waals surface area (Å²) in [5, 5.41) is 2.92. The average molecular weight is 357 g/mol. The van der Waals surface area contributed by atoms with Gasteiger partial charge in [-0.2, -0.15) is 0 Å². The zero-order valence-corrected chi connectivity index (χ0v) is 16.1. The van der Waals surface area contributed by atoms with Gasteiger partial charge < -0.3 is 10.2 Å². The number of nitrogens with zero attached hydrogens (tertiary/aromatic N) is 2. The molecule has 0 bridgehead atoms. The number of aromatic nitrogens is 1. The number of hydrogen-bond donors (Lipinski definition) is 1. The van der Waals surface area contributed by atoms with Crippen LogP contribution >= 0.6 is 0 Å². The van der Waals surface area contributed by atoms with Crippen LogP contribution in [0.25, 0.3) is 0 Å². The molecule has 0 saturated heterocycles. The predicted octanol–water partition coefficient (Wildman–Crippen LogP) is 3.96. The Bertz CT molecular complexity index is 634. The van der Waals surface area contributed by atoms with Crippen molar-refractivity contribution in [3.05, 3.63) is 41.2 Å². The minimum absolute atomic E-state index is 0.0301. The van der Waals surface area contributed by atoms with E-state index in [0.29, 0.717) is 17.8 Å². The molecule has 0 saturated carbocycles.